The van der Waals surface area contributed by atoms with Gasteiger partial charge in [-0.2, -0.15) is 8.78 Å². The second-order valence-electron chi connectivity index (χ2n) is 4.00. The molecule has 1 amide bonds. The van der Waals surface area contributed by atoms with Crippen molar-refractivity contribution in [1.82, 2.24) is 4.90 Å². The number of alkyl halides is 2. The monoisotopic (exact) mass is 273 g/mol. The normalized spacial score (nSPS) is 13.7. The van der Waals surface area contributed by atoms with Gasteiger partial charge in [0.25, 0.3) is 0 Å². The van der Waals surface area contributed by atoms with Crippen molar-refractivity contribution in [1.29, 1.82) is 0 Å². The summed E-state index contributed by atoms with van der Waals surface area (Å²) < 4.78 is 28.2. The minimum absolute atomic E-state index is 0.0831. The number of amides is 1. The molecule has 1 N–H and O–H groups in total. The van der Waals surface area contributed by atoms with Gasteiger partial charge in [-0.25, -0.2) is 4.79 Å². The van der Waals surface area contributed by atoms with Crippen LogP contribution in [0.2, 0.25) is 0 Å². The van der Waals surface area contributed by atoms with Crippen LogP contribution in [0.4, 0.5) is 8.78 Å². The summed E-state index contributed by atoms with van der Waals surface area (Å²) in [7, 11) is 1.32. The molecule has 0 aliphatic heterocycles. The molecular weight excluding hydrogens is 260 g/mol. The van der Waals surface area contributed by atoms with Crippen molar-refractivity contribution in [2.45, 2.75) is 19.1 Å². The molecule has 0 spiro atoms. The maximum absolute atomic E-state index is 12.0. The number of hydrogen-bond donors (Lipinski definition) is 1. The average Bonchev–Trinajstić information content (AvgIpc) is 2.36. The highest BCUT2D eigenvalue weighted by Crippen LogP contribution is 2.28. The molecule has 1 aromatic rings. The molecule has 104 valence electrons. The molecule has 0 saturated heterocycles. The Hall–Kier alpha value is -2.18. The number of nitrogens with zero attached hydrogens (tertiary/aromatic N) is 1. The Kier molecular flexibility index (Phi) is 4.42. The van der Waals surface area contributed by atoms with Gasteiger partial charge in [0.2, 0.25) is 6.41 Å². The molecule has 0 heterocycles. The smallest absolute Gasteiger partial charge is 0.387 e. The fourth-order valence-electron chi connectivity index (χ4n) is 1.54. The van der Waals surface area contributed by atoms with Gasteiger partial charge in [0.05, 0.1) is 0 Å². The number of carboxylic acid groups (broad SMARTS) is 1. The van der Waals surface area contributed by atoms with Crippen LogP contribution in [0, 0.1) is 0 Å². The molecular formula is C12H13F2NO4. The number of hydrogen-bond acceptors (Lipinski definition) is 3. The first kappa shape index (κ1) is 14.9. The Morgan fingerprint density at radius 1 is 1.42 bits per heavy atom. The lowest BCUT2D eigenvalue weighted by Gasteiger charge is -2.32. The third-order valence-corrected chi connectivity index (χ3v) is 2.92. The van der Waals surface area contributed by atoms with E-state index in [0.717, 1.165) is 4.90 Å². The van der Waals surface area contributed by atoms with E-state index in [1.54, 1.807) is 0 Å². The third-order valence-electron chi connectivity index (χ3n) is 2.92. The van der Waals surface area contributed by atoms with Crippen molar-refractivity contribution in [3.8, 4) is 5.75 Å². The fourth-order valence-corrected chi connectivity index (χ4v) is 1.54. The standard InChI is InChI=1S/C12H13F2NO4/c1-12(10(17)18,15(2)7-16)8-3-5-9(6-4-8)19-11(13)14/h3-7,11H,1-2H3,(H,17,18). The Bertz CT molecular complexity index is 463. The molecule has 5 nitrogen and oxygen atoms in total. The SMILES string of the molecule is CN(C=O)C(C)(C(=O)O)c1ccc(OC(F)F)cc1. The maximum atomic E-state index is 12.0. The van der Waals surface area contributed by atoms with Crippen molar-refractivity contribution < 1.29 is 28.2 Å². The highest BCUT2D eigenvalue weighted by molar-refractivity contribution is 5.82. The Labute approximate surface area is 108 Å². The van der Waals surface area contributed by atoms with E-state index in [1.165, 1.54) is 38.2 Å². The molecule has 19 heavy (non-hydrogen) atoms. The zero-order valence-electron chi connectivity index (χ0n) is 10.3. The number of halogens is 2. The summed E-state index contributed by atoms with van der Waals surface area (Å²) in [6.45, 7) is -1.61. The first-order chi connectivity index (χ1) is 8.82. The molecule has 7 heteroatoms. The number of carbonyl (C=O) groups is 2. The summed E-state index contributed by atoms with van der Waals surface area (Å²) in [5.41, 5.74) is -1.30. The van der Waals surface area contributed by atoms with E-state index in [1.807, 2.05) is 0 Å². The lowest BCUT2D eigenvalue weighted by molar-refractivity contribution is -0.153. The van der Waals surface area contributed by atoms with Crippen molar-refractivity contribution in [2.24, 2.45) is 0 Å². The van der Waals surface area contributed by atoms with E-state index in [-0.39, 0.29) is 11.3 Å². The minimum Gasteiger partial charge on any atom is -0.479 e. The van der Waals surface area contributed by atoms with Crippen molar-refractivity contribution in [3.05, 3.63) is 29.8 Å². The molecule has 0 bridgehead atoms. The summed E-state index contributed by atoms with van der Waals surface area (Å²) in [6, 6.07) is 5.10. The largest absolute Gasteiger partial charge is 0.479 e. The van der Waals surface area contributed by atoms with Crippen LogP contribution >= 0.6 is 0 Å². The van der Waals surface area contributed by atoms with Crippen LogP contribution in [0.1, 0.15) is 12.5 Å². The number of benzene rings is 1. The lowest BCUT2D eigenvalue weighted by Crippen LogP contribution is -2.47. The Balaban J connectivity index is 3.12. The van der Waals surface area contributed by atoms with Crippen molar-refractivity contribution in [2.75, 3.05) is 7.05 Å². The summed E-state index contributed by atoms with van der Waals surface area (Å²) in [5, 5.41) is 9.25. The van der Waals surface area contributed by atoms with Gasteiger partial charge in [0, 0.05) is 7.05 Å². The van der Waals surface area contributed by atoms with Gasteiger partial charge in [-0.15, -0.1) is 0 Å². The van der Waals surface area contributed by atoms with E-state index in [9.17, 15) is 23.5 Å². The second-order valence-corrected chi connectivity index (χ2v) is 4.00. The Morgan fingerprint density at radius 3 is 2.32 bits per heavy atom. The van der Waals surface area contributed by atoms with E-state index in [2.05, 4.69) is 4.74 Å². The number of carbonyl (C=O) groups excluding carboxylic acids is 1. The van der Waals surface area contributed by atoms with Crippen LogP contribution in [0.25, 0.3) is 0 Å². The number of likely N-dealkylation sites (N-methyl/N-ethyl adjacent to an activating group) is 1. The number of aliphatic carboxylic acids is 1. The molecule has 1 unspecified atom stereocenters. The van der Waals surface area contributed by atoms with Crippen LogP contribution in [0.5, 0.6) is 5.75 Å². The highest BCUT2D eigenvalue weighted by atomic mass is 19.3. The topological polar surface area (TPSA) is 66.8 Å². The Morgan fingerprint density at radius 2 is 1.95 bits per heavy atom. The minimum atomic E-state index is -2.95. The van der Waals surface area contributed by atoms with E-state index in [0.29, 0.717) is 6.41 Å². The molecule has 0 aliphatic carbocycles. The zero-order chi connectivity index (χ0) is 14.6. The highest BCUT2D eigenvalue weighted by Gasteiger charge is 2.39. The molecule has 0 radical (unpaired) electrons. The van der Waals surface area contributed by atoms with Gasteiger partial charge in [-0.3, -0.25) is 4.79 Å². The number of carboxylic acids is 1. The predicted molar refractivity (Wildman–Crippen MR) is 61.9 cm³/mol. The van der Waals surface area contributed by atoms with Crippen LogP contribution < -0.4 is 4.74 Å². The van der Waals surface area contributed by atoms with Gasteiger partial charge in [-0.05, 0) is 24.6 Å². The molecule has 1 aromatic carbocycles. The zero-order valence-corrected chi connectivity index (χ0v) is 10.3. The van der Waals surface area contributed by atoms with Crippen molar-refractivity contribution in [3.63, 3.8) is 0 Å². The molecule has 0 aliphatic rings. The van der Waals surface area contributed by atoms with Crippen molar-refractivity contribution >= 4 is 12.4 Å². The van der Waals surface area contributed by atoms with Gasteiger partial charge in [0.15, 0.2) is 5.54 Å². The lowest BCUT2D eigenvalue weighted by atomic mass is 9.91. The molecule has 0 fully saturated rings. The fraction of sp³-hybridized carbons (Fsp3) is 0.333. The first-order valence-corrected chi connectivity index (χ1v) is 5.29. The second kappa shape index (κ2) is 5.64. The number of ether oxygens (including phenoxy) is 1. The molecule has 0 aromatic heterocycles. The third kappa shape index (κ3) is 2.98. The van der Waals surface area contributed by atoms with E-state index < -0.39 is 18.1 Å². The quantitative estimate of drug-likeness (QED) is 0.801. The first-order valence-electron chi connectivity index (χ1n) is 5.29. The summed E-state index contributed by atoms with van der Waals surface area (Å²) in [6.07, 6.45) is 0.387. The number of rotatable bonds is 6. The van der Waals surface area contributed by atoms with Crippen LogP contribution in [-0.4, -0.2) is 36.0 Å². The van der Waals surface area contributed by atoms with Crippen LogP contribution in [0.3, 0.4) is 0 Å². The van der Waals surface area contributed by atoms with E-state index >= 15 is 0 Å². The summed E-state index contributed by atoms with van der Waals surface area (Å²) in [5.74, 6) is -1.31. The maximum Gasteiger partial charge on any atom is 0.387 e. The molecule has 1 atom stereocenters. The van der Waals surface area contributed by atoms with Crippen LogP contribution in [0.15, 0.2) is 24.3 Å². The molecule has 1 rings (SSSR count). The van der Waals surface area contributed by atoms with E-state index in [4.69, 9.17) is 0 Å². The summed E-state index contributed by atoms with van der Waals surface area (Å²) >= 11 is 0. The average molecular weight is 273 g/mol. The van der Waals surface area contributed by atoms with Gasteiger partial charge in [-0.1, -0.05) is 12.1 Å². The predicted octanol–water partition coefficient (Wildman–Crippen LogP) is 1.68. The summed E-state index contributed by atoms with van der Waals surface area (Å²) in [4.78, 5) is 23.1. The molecule has 0 saturated carbocycles. The van der Waals surface area contributed by atoms with Crippen LogP contribution in [-0.2, 0) is 15.1 Å². The van der Waals surface area contributed by atoms with Gasteiger partial charge < -0.3 is 14.7 Å². The van der Waals surface area contributed by atoms with Gasteiger partial charge >= 0.3 is 12.6 Å². The van der Waals surface area contributed by atoms with Gasteiger partial charge in [0.1, 0.15) is 5.75 Å².